The Balaban J connectivity index is 1.88. The summed E-state index contributed by atoms with van der Waals surface area (Å²) in [6.07, 6.45) is 4.96. The zero-order valence-electron chi connectivity index (χ0n) is 12.6. The minimum Gasteiger partial charge on any atom is -0.472 e. The monoisotopic (exact) mass is 293 g/mol. The molecule has 1 saturated heterocycles. The van der Waals surface area contributed by atoms with Crippen molar-refractivity contribution in [2.24, 2.45) is 5.92 Å². The van der Waals surface area contributed by atoms with Crippen molar-refractivity contribution in [3.05, 3.63) is 24.2 Å². The molecule has 2 unspecified atom stereocenters. The van der Waals surface area contributed by atoms with Gasteiger partial charge in [0.05, 0.1) is 11.8 Å². The highest BCUT2D eigenvalue weighted by Crippen LogP contribution is 2.16. The van der Waals surface area contributed by atoms with Gasteiger partial charge in [0, 0.05) is 13.1 Å². The molecule has 1 aromatic heterocycles. The van der Waals surface area contributed by atoms with E-state index >= 15 is 0 Å². The Kier molecular flexibility index (Phi) is 5.38. The number of furan rings is 1. The van der Waals surface area contributed by atoms with Crippen molar-refractivity contribution < 1.29 is 14.0 Å². The second-order valence-electron chi connectivity index (χ2n) is 5.56. The molecular weight excluding hydrogens is 270 g/mol. The standard InChI is InChI=1S/C15H23N3O3/c1-11(17-14(19)13-5-7-21-10-13)15(20)18-6-3-4-12(9-18)8-16-2/h5,7,10-12,16H,3-4,6,8-9H2,1-2H3,(H,17,19). The van der Waals surface area contributed by atoms with E-state index in [4.69, 9.17) is 4.42 Å². The maximum Gasteiger partial charge on any atom is 0.255 e. The lowest BCUT2D eigenvalue weighted by Crippen LogP contribution is -2.50. The minimum absolute atomic E-state index is 0.0207. The Morgan fingerprint density at radius 1 is 1.52 bits per heavy atom. The Morgan fingerprint density at radius 3 is 3.00 bits per heavy atom. The van der Waals surface area contributed by atoms with Gasteiger partial charge in [-0.1, -0.05) is 0 Å². The van der Waals surface area contributed by atoms with Crippen molar-refractivity contribution in [3.8, 4) is 0 Å². The molecule has 2 heterocycles. The van der Waals surface area contributed by atoms with Crippen LogP contribution < -0.4 is 10.6 Å². The molecule has 6 heteroatoms. The summed E-state index contributed by atoms with van der Waals surface area (Å²) < 4.78 is 4.87. The number of carbonyl (C=O) groups excluding carboxylic acids is 2. The molecule has 2 N–H and O–H groups in total. The molecule has 0 aliphatic carbocycles. The number of nitrogens with one attached hydrogen (secondary N) is 2. The fourth-order valence-corrected chi connectivity index (χ4v) is 2.73. The van der Waals surface area contributed by atoms with E-state index in [0.29, 0.717) is 11.5 Å². The summed E-state index contributed by atoms with van der Waals surface area (Å²) in [4.78, 5) is 26.2. The summed E-state index contributed by atoms with van der Waals surface area (Å²) >= 11 is 0. The van der Waals surface area contributed by atoms with E-state index in [1.165, 1.54) is 12.5 Å². The van der Waals surface area contributed by atoms with Gasteiger partial charge in [0.2, 0.25) is 5.91 Å². The molecule has 1 aromatic rings. The summed E-state index contributed by atoms with van der Waals surface area (Å²) in [5.74, 6) is 0.186. The first-order valence-corrected chi connectivity index (χ1v) is 7.38. The SMILES string of the molecule is CNCC1CCCN(C(=O)C(C)NC(=O)c2ccoc2)C1. The number of hydrogen-bond donors (Lipinski definition) is 2. The maximum absolute atomic E-state index is 12.4. The maximum atomic E-state index is 12.4. The van der Waals surface area contributed by atoms with Gasteiger partial charge in [-0.15, -0.1) is 0 Å². The second kappa shape index (κ2) is 7.26. The predicted molar refractivity (Wildman–Crippen MR) is 78.9 cm³/mol. The normalized spacial score (nSPS) is 20.1. The lowest BCUT2D eigenvalue weighted by atomic mass is 9.97. The summed E-state index contributed by atoms with van der Waals surface area (Å²) in [5.41, 5.74) is 0.432. The molecular formula is C15H23N3O3. The van der Waals surface area contributed by atoms with E-state index in [1.807, 2.05) is 11.9 Å². The Labute approximate surface area is 124 Å². The Morgan fingerprint density at radius 2 is 2.33 bits per heavy atom. The Hall–Kier alpha value is -1.82. The molecule has 0 aromatic carbocycles. The number of likely N-dealkylation sites (tertiary alicyclic amines) is 1. The van der Waals surface area contributed by atoms with Crippen LogP contribution in [0.2, 0.25) is 0 Å². The van der Waals surface area contributed by atoms with Crippen molar-refractivity contribution in [2.75, 3.05) is 26.7 Å². The van der Waals surface area contributed by atoms with Gasteiger partial charge >= 0.3 is 0 Å². The van der Waals surface area contributed by atoms with Gasteiger partial charge in [0.15, 0.2) is 0 Å². The molecule has 0 spiro atoms. The van der Waals surface area contributed by atoms with Crippen molar-refractivity contribution in [1.82, 2.24) is 15.5 Å². The van der Waals surface area contributed by atoms with Crippen LogP contribution in [0.15, 0.2) is 23.0 Å². The van der Waals surface area contributed by atoms with Crippen LogP contribution >= 0.6 is 0 Å². The summed E-state index contributed by atoms with van der Waals surface area (Å²) in [6, 6.07) is 1.05. The van der Waals surface area contributed by atoms with Crippen LogP contribution in [-0.4, -0.2) is 49.4 Å². The van der Waals surface area contributed by atoms with Gasteiger partial charge in [-0.25, -0.2) is 0 Å². The smallest absolute Gasteiger partial charge is 0.255 e. The van der Waals surface area contributed by atoms with Crippen molar-refractivity contribution >= 4 is 11.8 Å². The van der Waals surface area contributed by atoms with E-state index in [-0.39, 0.29) is 11.8 Å². The number of piperidine rings is 1. The molecule has 2 atom stereocenters. The van der Waals surface area contributed by atoms with Gasteiger partial charge in [0.25, 0.3) is 5.91 Å². The average Bonchev–Trinajstić information content (AvgIpc) is 3.01. The van der Waals surface area contributed by atoms with E-state index in [9.17, 15) is 9.59 Å². The lowest BCUT2D eigenvalue weighted by molar-refractivity contribution is -0.134. The molecule has 21 heavy (non-hydrogen) atoms. The van der Waals surface area contributed by atoms with E-state index in [0.717, 1.165) is 32.5 Å². The average molecular weight is 293 g/mol. The van der Waals surface area contributed by atoms with Crippen molar-refractivity contribution in [1.29, 1.82) is 0 Å². The molecule has 6 nitrogen and oxygen atoms in total. The fourth-order valence-electron chi connectivity index (χ4n) is 2.73. The van der Waals surface area contributed by atoms with Crippen LogP contribution in [0, 0.1) is 5.92 Å². The van der Waals surface area contributed by atoms with Gasteiger partial charge < -0.3 is 20.0 Å². The zero-order chi connectivity index (χ0) is 15.2. The first kappa shape index (κ1) is 15.6. The van der Waals surface area contributed by atoms with E-state index in [1.54, 1.807) is 13.0 Å². The van der Waals surface area contributed by atoms with Gasteiger partial charge in [-0.2, -0.15) is 0 Å². The molecule has 0 radical (unpaired) electrons. The summed E-state index contributed by atoms with van der Waals surface area (Å²) in [6.45, 7) is 4.16. The highest BCUT2D eigenvalue weighted by Gasteiger charge is 2.27. The molecule has 0 saturated carbocycles. The van der Waals surface area contributed by atoms with Crippen LogP contribution in [0.5, 0.6) is 0 Å². The molecule has 2 rings (SSSR count). The molecule has 116 valence electrons. The molecule has 2 amide bonds. The topological polar surface area (TPSA) is 74.6 Å². The van der Waals surface area contributed by atoms with Crippen LogP contribution in [0.25, 0.3) is 0 Å². The fraction of sp³-hybridized carbons (Fsp3) is 0.600. The number of rotatable bonds is 5. The van der Waals surface area contributed by atoms with Crippen molar-refractivity contribution in [3.63, 3.8) is 0 Å². The number of hydrogen-bond acceptors (Lipinski definition) is 4. The third-order valence-corrected chi connectivity index (χ3v) is 3.82. The predicted octanol–water partition coefficient (Wildman–Crippen LogP) is 0.856. The minimum atomic E-state index is -0.527. The largest absolute Gasteiger partial charge is 0.472 e. The third-order valence-electron chi connectivity index (χ3n) is 3.82. The number of carbonyl (C=O) groups is 2. The molecule has 1 aliphatic rings. The highest BCUT2D eigenvalue weighted by molar-refractivity contribution is 5.97. The zero-order valence-corrected chi connectivity index (χ0v) is 12.6. The lowest BCUT2D eigenvalue weighted by Gasteiger charge is -2.34. The van der Waals surface area contributed by atoms with E-state index < -0.39 is 6.04 Å². The highest BCUT2D eigenvalue weighted by atomic mass is 16.3. The number of nitrogens with zero attached hydrogens (tertiary/aromatic N) is 1. The van der Waals surface area contributed by atoms with Crippen LogP contribution in [-0.2, 0) is 4.79 Å². The van der Waals surface area contributed by atoms with E-state index in [2.05, 4.69) is 10.6 Å². The molecule has 1 fully saturated rings. The Bertz CT molecular complexity index is 471. The summed E-state index contributed by atoms with van der Waals surface area (Å²) in [5, 5.41) is 5.88. The van der Waals surface area contributed by atoms with Gasteiger partial charge in [-0.05, 0) is 45.3 Å². The number of amides is 2. The van der Waals surface area contributed by atoms with Crippen LogP contribution in [0.1, 0.15) is 30.1 Å². The van der Waals surface area contributed by atoms with Crippen LogP contribution in [0.3, 0.4) is 0 Å². The quantitative estimate of drug-likeness (QED) is 0.844. The van der Waals surface area contributed by atoms with Gasteiger partial charge in [-0.3, -0.25) is 9.59 Å². The van der Waals surface area contributed by atoms with Crippen molar-refractivity contribution in [2.45, 2.75) is 25.8 Å². The van der Waals surface area contributed by atoms with Crippen LogP contribution in [0.4, 0.5) is 0 Å². The molecule has 0 bridgehead atoms. The molecule has 1 aliphatic heterocycles. The summed E-state index contributed by atoms with van der Waals surface area (Å²) in [7, 11) is 1.93. The second-order valence-corrected chi connectivity index (χ2v) is 5.56. The first-order chi connectivity index (χ1) is 10.1. The first-order valence-electron chi connectivity index (χ1n) is 7.38. The van der Waals surface area contributed by atoms with Gasteiger partial charge in [0.1, 0.15) is 12.3 Å². The third kappa shape index (κ3) is 4.07.